The molecule has 0 heterocycles. The lowest BCUT2D eigenvalue weighted by atomic mass is 10.1. The van der Waals surface area contributed by atoms with Crippen LogP contribution in [0.25, 0.3) is 0 Å². The number of benzene rings is 1. The van der Waals surface area contributed by atoms with Gasteiger partial charge in [0.25, 0.3) is 0 Å². The van der Waals surface area contributed by atoms with Crippen LogP contribution in [-0.2, 0) is 33.3 Å². The van der Waals surface area contributed by atoms with Crippen molar-refractivity contribution in [3.8, 4) is 0 Å². The Hall–Kier alpha value is -2.44. The van der Waals surface area contributed by atoms with Gasteiger partial charge >= 0.3 is 0 Å². The van der Waals surface area contributed by atoms with Gasteiger partial charge in [-0.25, -0.2) is 0 Å². The predicted molar refractivity (Wildman–Crippen MR) is 167 cm³/mol. The zero-order valence-electron chi connectivity index (χ0n) is 26.6. The Morgan fingerprint density at radius 3 is 1.50 bits per heavy atom. The number of rotatable bonds is 26. The van der Waals surface area contributed by atoms with Gasteiger partial charge in [-0.15, -0.1) is 0 Å². The average molecular weight is 597 g/mol. The highest BCUT2D eigenvalue weighted by molar-refractivity contribution is 5.76. The minimum Gasteiger partial charge on any atom is -0.399 e. The first-order valence-corrected chi connectivity index (χ1v) is 15.2. The van der Waals surface area contributed by atoms with Crippen LogP contribution < -0.4 is 21.3 Å². The summed E-state index contributed by atoms with van der Waals surface area (Å²) in [4.78, 5) is 25.4. The summed E-state index contributed by atoms with van der Waals surface area (Å²) < 4.78 is 28.2. The fourth-order valence-electron chi connectivity index (χ4n) is 3.85. The summed E-state index contributed by atoms with van der Waals surface area (Å²) in [5, 5.41) is 5.70. The first kappa shape index (κ1) is 37.6. The number of hydrogen-bond donors (Lipinski definition) is 3. The number of hydrogen-bond acceptors (Lipinski definition) is 9. The van der Waals surface area contributed by atoms with Crippen LogP contribution in [0.2, 0.25) is 0 Å². The number of carbonyl (C=O) groups excluding carboxylic acids is 2. The van der Waals surface area contributed by atoms with Gasteiger partial charge in [-0.2, -0.15) is 0 Å². The molecule has 0 spiro atoms. The monoisotopic (exact) mass is 596 g/mol. The minimum atomic E-state index is 0.0564. The van der Waals surface area contributed by atoms with E-state index in [-0.39, 0.29) is 11.8 Å². The fourth-order valence-corrected chi connectivity index (χ4v) is 3.85. The summed E-state index contributed by atoms with van der Waals surface area (Å²) in [6.07, 6.45) is 1.07. The number of nitrogens with zero attached hydrogens (tertiary/aromatic N) is 1. The Balaban J connectivity index is 2.17. The zero-order chi connectivity index (χ0) is 31.0. The van der Waals surface area contributed by atoms with E-state index < -0.39 is 0 Å². The van der Waals surface area contributed by atoms with Gasteiger partial charge in [0.05, 0.1) is 66.1 Å². The molecule has 0 radical (unpaired) electrons. The molecule has 0 fully saturated rings. The van der Waals surface area contributed by atoms with Gasteiger partial charge in [-0.3, -0.25) is 9.59 Å². The molecule has 0 aliphatic heterocycles. The van der Waals surface area contributed by atoms with E-state index in [2.05, 4.69) is 21.6 Å². The fraction of sp³-hybridized carbons (Fsp3) is 0.742. The van der Waals surface area contributed by atoms with Crippen molar-refractivity contribution in [3.63, 3.8) is 0 Å². The van der Waals surface area contributed by atoms with Crippen molar-refractivity contribution < 1.29 is 33.3 Å². The van der Waals surface area contributed by atoms with E-state index >= 15 is 0 Å². The van der Waals surface area contributed by atoms with E-state index in [1.165, 1.54) is 0 Å². The molecule has 4 N–H and O–H groups in total. The van der Waals surface area contributed by atoms with Gasteiger partial charge in [0.2, 0.25) is 11.8 Å². The summed E-state index contributed by atoms with van der Waals surface area (Å²) in [5.41, 5.74) is 8.87. The topological polar surface area (TPSA) is 134 Å². The van der Waals surface area contributed by atoms with Crippen LogP contribution in [-0.4, -0.2) is 104 Å². The van der Waals surface area contributed by atoms with Gasteiger partial charge < -0.3 is 45.0 Å². The number of nitrogen functional groups attached to an aromatic ring is 1. The molecule has 2 amide bonds. The van der Waals surface area contributed by atoms with E-state index in [9.17, 15) is 9.59 Å². The Kier molecular flexibility index (Phi) is 21.5. The Morgan fingerprint density at radius 1 is 0.690 bits per heavy atom. The largest absolute Gasteiger partial charge is 0.399 e. The second-order valence-corrected chi connectivity index (χ2v) is 11.0. The number of nitrogens with two attached hydrogens (primary N) is 1. The quantitative estimate of drug-likeness (QED) is 0.109. The van der Waals surface area contributed by atoms with E-state index in [4.69, 9.17) is 29.4 Å². The highest BCUT2D eigenvalue weighted by Crippen LogP contribution is 2.20. The van der Waals surface area contributed by atoms with Crippen molar-refractivity contribution in [1.29, 1.82) is 0 Å². The maximum atomic E-state index is 11.6. The van der Waals surface area contributed by atoms with Crippen molar-refractivity contribution in [1.82, 2.24) is 10.6 Å². The van der Waals surface area contributed by atoms with Crippen molar-refractivity contribution in [3.05, 3.63) is 23.8 Å². The molecule has 0 bridgehead atoms. The Labute approximate surface area is 253 Å². The van der Waals surface area contributed by atoms with Gasteiger partial charge in [0, 0.05) is 50.4 Å². The molecule has 0 aliphatic rings. The number of amides is 2. The van der Waals surface area contributed by atoms with Crippen LogP contribution in [0, 0.1) is 18.8 Å². The van der Waals surface area contributed by atoms with Gasteiger partial charge in [0.1, 0.15) is 0 Å². The van der Waals surface area contributed by atoms with Crippen LogP contribution >= 0.6 is 0 Å². The summed E-state index contributed by atoms with van der Waals surface area (Å²) in [7, 11) is 0. The molecule has 0 saturated carbocycles. The second-order valence-electron chi connectivity index (χ2n) is 11.0. The SMILES string of the molecule is Cc1cc(N(CCOCCOCCNC(=O)CC(C)C)CCOCCOCCOCCNC(=O)CC(C)C)ccc1N. The summed E-state index contributed by atoms with van der Waals surface area (Å²) in [6.45, 7) is 17.4. The third kappa shape index (κ3) is 20.4. The molecule has 1 aromatic rings. The first-order chi connectivity index (χ1) is 20.2. The molecule has 11 nitrogen and oxygen atoms in total. The molecule has 1 aromatic carbocycles. The van der Waals surface area contributed by atoms with Gasteiger partial charge in [0.15, 0.2) is 0 Å². The predicted octanol–water partition coefficient (Wildman–Crippen LogP) is 2.79. The standard InChI is InChI=1S/C31H56N4O7/c1-25(2)22-30(36)33-8-12-38-16-18-40-14-10-35(28-6-7-29(32)27(5)24-28)11-15-41-19-21-42-20-17-39-13-9-34-31(37)23-26(3)4/h6-7,24-26H,8-23,32H2,1-5H3,(H,33,36)(H,34,37). The number of carbonyl (C=O) groups is 2. The maximum Gasteiger partial charge on any atom is 0.220 e. The third-order valence-electron chi connectivity index (χ3n) is 6.07. The molecule has 42 heavy (non-hydrogen) atoms. The molecule has 0 atom stereocenters. The van der Waals surface area contributed by atoms with Crippen molar-refractivity contribution in [2.75, 3.05) is 103 Å². The summed E-state index contributed by atoms with van der Waals surface area (Å²) in [5.74, 6) is 0.812. The Morgan fingerprint density at radius 2 is 1.10 bits per heavy atom. The van der Waals surface area contributed by atoms with Crippen LogP contribution in [0.1, 0.15) is 46.1 Å². The number of anilines is 2. The highest BCUT2D eigenvalue weighted by Gasteiger charge is 2.09. The van der Waals surface area contributed by atoms with Crippen molar-refractivity contribution in [2.45, 2.75) is 47.5 Å². The molecule has 0 aromatic heterocycles. The smallest absolute Gasteiger partial charge is 0.220 e. The second kappa shape index (κ2) is 24.0. The molecule has 0 aliphatic carbocycles. The molecule has 0 unspecified atom stereocenters. The van der Waals surface area contributed by atoms with Crippen LogP contribution in [0.15, 0.2) is 18.2 Å². The average Bonchev–Trinajstić information content (AvgIpc) is 2.92. The lowest BCUT2D eigenvalue weighted by Gasteiger charge is -2.25. The number of ether oxygens (including phenoxy) is 5. The number of nitrogens with one attached hydrogen (secondary N) is 2. The highest BCUT2D eigenvalue weighted by atomic mass is 16.5. The molecule has 242 valence electrons. The van der Waals surface area contributed by atoms with Crippen molar-refractivity contribution >= 4 is 23.2 Å². The first-order valence-electron chi connectivity index (χ1n) is 15.2. The molecular formula is C31H56N4O7. The van der Waals surface area contributed by atoms with Crippen molar-refractivity contribution in [2.24, 2.45) is 11.8 Å². The molecule has 1 rings (SSSR count). The maximum absolute atomic E-state index is 11.6. The van der Waals surface area contributed by atoms with Gasteiger partial charge in [-0.1, -0.05) is 27.7 Å². The molecular weight excluding hydrogens is 540 g/mol. The van der Waals surface area contributed by atoms with Crippen LogP contribution in [0.5, 0.6) is 0 Å². The van der Waals surface area contributed by atoms with E-state index in [0.717, 1.165) is 16.9 Å². The van der Waals surface area contributed by atoms with E-state index in [0.29, 0.717) is 117 Å². The summed E-state index contributed by atoms with van der Waals surface area (Å²) in [6, 6.07) is 6.01. The summed E-state index contributed by atoms with van der Waals surface area (Å²) >= 11 is 0. The lowest BCUT2D eigenvalue weighted by molar-refractivity contribution is -0.122. The third-order valence-corrected chi connectivity index (χ3v) is 6.07. The number of aryl methyl sites for hydroxylation is 1. The van der Waals surface area contributed by atoms with Crippen LogP contribution in [0.4, 0.5) is 11.4 Å². The van der Waals surface area contributed by atoms with E-state index in [1.54, 1.807) is 0 Å². The zero-order valence-corrected chi connectivity index (χ0v) is 26.6. The lowest BCUT2D eigenvalue weighted by Crippen LogP contribution is -2.32. The van der Waals surface area contributed by atoms with E-state index in [1.807, 2.05) is 46.8 Å². The van der Waals surface area contributed by atoms with Crippen LogP contribution in [0.3, 0.4) is 0 Å². The Bertz CT molecular complexity index is 855. The van der Waals surface area contributed by atoms with Gasteiger partial charge in [-0.05, 0) is 42.5 Å². The normalized spacial score (nSPS) is 11.3. The molecule has 11 heteroatoms. The minimum absolute atomic E-state index is 0.0564. The molecule has 0 saturated heterocycles.